The summed E-state index contributed by atoms with van der Waals surface area (Å²) < 4.78 is 27.1. The Kier molecular flexibility index (Phi) is 5.79. The van der Waals surface area contributed by atoms with Crippen LogP contribution in [0.1, 0.15) is 43.2 Å². The topological polar surface area (TPSA) is 107 Å². The lowest BCUT2D eigenvalue weighted by Crippen LogP contribution is -2.52. The first-order valence-electron chi connectivity index (χ1n) is 11.8. The summed E-state index contributed by atoms with van der Waals surface area (Å²) >= 11 is 6.21. The largest absolute Gasteiger partial charge is 0.344 e. The zero-order valence-electron chi connectivity index (χ0n) is 19.5. The molecule has 2 aliphatic carbocycles. The van der Waals surface area contributed by atoms with Crippen molar-refractivity contribution in [3.05, 3.63) is 64.7 Å². The number of hydrogen-bond donors (Lipinski definition) is 2. The average Bonchev–Trinajstić information content (AvgIpc) is 3.76. The summed E-state index contributed by atoms with van der Waals surface area (Å²) in [5, 5.41) is 9.71. The van der Waals surface area contributed by atoms with Gasteiger partial charge in [0.15, 0.2) is 9.84 Å². The molecule has 2 saturated carbocycles. The number of amides is 2. The summed E-state index contributed by atoms with van der Waals surface area (Å²) in [5.74, 6) is -0.617. The number of hydrogen-bond acceptors (Lipinski definition) is 5. The Morgan fingerprint density at radius 3 is 2.31 bits per heavy atom. The predicted molar refractivity (Wildman–Crippen MR) is 134 cm³/mol. The molecule has 1 saturated heterocycles. The molecule has 0 unspecified atom stereocenters. The maximum Gasteiger partial charge on any atom is 0.243 e. The van der Waals surface area contributed by atoms with Gasteiger partial charge in [0.1, 0.15) is 6.04 Å². The number of sulfone groups is 1. The first-order chi connectivity index (χ1) is 16.6. The molecule has 2 aromatic rings. The normalized spacial score (nSPS) is 24.0. The second-order valence-electron chi connectivity index (χ2n) is 10.0. The van der Waals surface area contributed by atoms with E-state index in [9.17, 15) is 18.0 Å². The zero-order valence-corrected chi connectivity index (χ0v) is 21.0. The molecule has 9 heteroatoms. The smallest absolute Gasteiger partial charge is 0.243 e. The third-order valence-corrected chi connectivity index (χ3v) is 10.2. The van der Waals surface area contributed by atoms with E-state index in [1.165, 1.54) is 23.2 Å². The quantitative estimate of drug-likeness (QED) is 0.553. The van der Waals surface area contributed by atoms with Gasteiger partial charge in [-0.15, -0.1) is 0 Å². The number of aryl methyl sites for hydroxylation is 1. The van der Waals surface area contributed by atoms with Crippen molar-refractivity contribution in [1.82, 2.24) is 10.2 Å². The van der Waals surface area contributed by atoms with Crippen molar-refractivity contribution in [2.24, 2.45) is 0 Å². The Hall–Kier alpha value is -2.71. The number of carbonyl (C=O) groups excluding carboxylic acids is 2. The molecule has 2 N–H and O–H groups in total. The molecular formula is C26H28ClN3O4S. The van der Waals surface area contributed by atoms with Crippen molar-refractivity contribution in [1.29, 1.82) is 5.41 Å². The van der Waals surface area contributed by atoms with Crippen molar-refractivity contribution in [3.63, 3.8) is 0 Å². The number of carbonyl (C=O) groups is 2. The van der Waals surface area contributed by atoms with E-state index < -0.39 is 38.0 Å². The molecule has 35 heavy (non-hydrogen) atoms. The third kappa shape index (κ3) is 4.16. The lowest BCUT2D eigenvalue weighted by molar-refractivity contribution is -0.140. The van der Waals surface area contributed by atoms with Crippen LogP contribution in [0.4, 0.5) is 0 Å². The molecule has 0 radical (unpaired) electrons. The Balaban J connectivity index is 1.48. The summed E-state index contributed by atoms with van der Waals surface area (Å²) in [6.07, 6.45) is 3.86. The van der Waals surface area contributed by atoms with Gasteiger partial charge >= 0.3 is 0 Å². The Bertz CT molecular complexity index is 1300. The van der Waals surface area contributed by atoms with Crippen molar-refractivity contribution >= 4 is 39.5 Å². The Morgan fingerprint density at radius 2 is 1.74 bits per heavy atom. The molecule has 2 amide bonds. The van der Waals surface area contributed by atoms with E-state index in [1.807, 2.05) is 31.2 Å². The summed E-state index contributed by atoms with van der Waals surface area (Å²) in [6.45, 7) is 1.91. The summed E-state index contributed by atoms with van der Waals surface area (Å²) in [4.78, 5) is 28.8. The van der Waals surface area contributed by atoms with Crippen LogP contribution in [0.15, 0.2) is 53.4 Å². The molecule has 3 aliphatic rings. The maximum absolute atomic E-state index is 13.9. The van der Waals surface area contributed by atoms with Gasteiger partial charge < -0.3 is 15.6 Å². The average molecular weight is 514 g/mol. The molecule has 5 rings (SSSR count). The van der Waals surface area contributed by atoms with Crippen LogP contribution < -0.4 is 5.32 Å². The second-order valence-corrected chi connectivity index (χ2v) is 12.6. The fourth-order valence-electron chi connectivity index (χ4n) is 5.02. The van der Waals surface area contributed by atoms with Crippen LogP contribution in [0.3, 0.4) is 0 Å². The predicted octanol–water partition coefficient (Wildman–Crippen LogP) is 3.42. The number of rotatable bonds is 7. The highest BCUT2D eigenvalue weighted by molar-refractivity contribution is 7.92. The number of benzene rings is 2. The van der Waals surface area contributed by atoms with E-state index in [4.69, 9.17) is 17.0 Å². The summed E-state index contributed by atoms with van der Waals surface area (Å²) in [7, 11) is -3.88. The molecule has 2 aromatic carbocycles. The standard InChI is InChI=1S/C26H28ClN3O4S/c1-17-6-8-18(9-7-17)26(12-13-26)24(32)30-15-19(35(33,34)22-5-3-2-4-20(22)27)14-21(30)23(31)29-25(16-28)10-11-25/h2-9,16,19,21,28H,10-15H2,1H3,(H,29,31)/t19-,21+/m1/s1. The lowest BCUT2D eigenvalue weighted by Gasteiger charge is -2.29. The van der Waals surface area contributed by atoms with Gasteiger partial charge in [0.2, 0.25) is 11.8 Å². The molecule has 3 fully saturated rings. The minimum Gasteiger partial charge on any atom is -0.344 e. The van der Waals surface area contributed by atoms with E-state index in [0.29, 0.717) is 25.7 Å². The van der Waals surface area contributed by atoms with Gasteiger partial charge in [-0.2, -0.15) is 0 Å². The van der Waals surface area contributed by atoms with Crippen molar-refractivity contribution < 1.29 is 18.0 Å². The fourth-order valence-corrected chi connectivity index (χ4v) is 7.24. The third-order valence-electron chi connectivity index (χ3n) is 7.61. The first kappa shape index (κ1) is 24.0. The highest BCUT2D eigenvalue weighted by Gasteiger charge is 2.58. The summed E-state index contributed by atoms with van der Waals surface area (Å²) in [6, 6.07) is 13.1. The first-order valence-corrected chi connectivity index (χ1v) is 13.7. The minimum atomic E-state index is -3.88. The number of halogens is 1. The molecule has 1 aliphatic heterocycles. The fraction of sp³-hybridized carbons (Fsp3) is 0.423. The van der Waals surface area contributed by atoms with E-state index in [1.54, 1.807) is 12.1 Å². The minimum absolute atomic E-state index is 0.0107. The molecule has 7 nitrogen and oxygen atoms in total. The van der Waals surface area contributed by atoms with E-state index in [0.717, 1.165) is 11.1 Å². The number of nitrogens with zero attached hydrogens (tertiary/aromatic N) is 1. The van der Waals surface area contributed by atoms with Crippen LogP contribution in [0, 0.1) is 12.3 Å². The second kappa shape index (κ2) is 8.45. The van der Waals surface area contributed by atoms with Crippen LogP contribution in [0.2, 0.25) is 5.02 Å². The molecule has 0 spiro atoms. The lowest BCUT2D eigenvalue weighted by atomic mass is 9.93. The van der Waals surface area contributed by atoms with Crippen LogP contribution in [0.5, 0.6) is 0 Å². The maximum atomic E-state index is 13.9. The molecular weight excluding hydrogens is 486 g/mol. The van der Waals surface area contributed by atoms with E-state index >= 15 is 0 Å². The van der Waals surface area contributed by atoms with Gasteiger partial charge in [-0.25, -0.2) is 8.42 Å². The molecule has 0 bridgehead atoms. The van der Waals surface area contributed by atoms with Crippen LogP contribution in [-0.2, 0) is 24.8 Å². The van der Waals surface area contributed by atoms with Crippen LogP contribution in [0.25, 0.3) is 0 Å². The molecule has 184 valence electrons. The highest BCUT2D eigenvalue weighted by Crippen LogP contribution is 2.51. The van der Waals surface area contributed by atoms with Crippen molar-refractivity contribution in [3.8, 4) is 0 Å². The zero-order chi connectivity index (χ0) is 25.0. The van der Waals surface area contributed by atoms with Gasteiger partial charge in [0.25, 0.3) is 0 Å². The van der Waals surface area contributed by atoms with Gasteiger partial charge in [-0.05, 0) is 56.7 Å². The Morgan fingerprint density at radius 1 is 1.09 bits per heavy atom. The number of likely N-dealkylation sites (tertiary alicyclic amines) is 1. The van der Waals surface area contributed by atoms with E-state index in [2.05, 4.69) is 5.32 Å². The van der Waals surface area contributed by atoms with E-state index in [-0.39, 0.29) is 28.8 Å². The molecule has 2 atom stereocenters. The van der Waals surface area contributed by atoms with Gasteiger partial charge in [-0.3, -0.25) is 9.59 Å². The van der Waals surface area contributed by atoms with Crippen LogP contribution >= 0.6 is 11.6 Å². The Labute approximate surface area is 210 Å². The number of nitrogens with one attached hydrogen (secondary N) is 2. The van der Waals surface area contributed by atoms with Gasteiger partial charge in [0, 0.05) is 12.8 Å². The van der Waals surface area contributed by atoms with Crippen molar-refractivity contribution in [2.75, 3.05) is 6.54 Å². The molecule has 0 aromatic heterocycles. The summed E-state index contributed by atoms with van der Waals surface area (Å²) in [5.41, 5.74) is 0.568. The monoisotopic (exact) mass is 513 g/mol. The SMILES string of the molecule is Cc1ccc(C2(C(=O)N3C[C@H](S(=O)(=O)c4ccccc4Cl)C[C@H]3C(=O)NC3(C=N)CC3)CC2)cc1. The highest BCUT2D eigenvalue weighted by atomic mass is 35.5. The van der Waals surface area contributed by atoms with Crippen LogP contribution in [-0.4, -0.2) is 54.7 Å². The van der Waals surface area contributed by atoms with Gasteiger partial charge in [-0.1, -0.05) is 53.6 Å². The van der Waals surface area contributed by atoms with Crippen molar-refractivity contribution in [2.45, 2.75) is 66.2 Å². The van der Waals surface area contributed by atoms with Gasteiger partial charge in [0.05, 0.1) is 26.1 Å². The molecule has 1 heterocycles.